The smallest absolute Gasteiger partial charge is 0.191 e. The van der Waals surface area contributed by atoms with Gasteiger partial charge >= 0.3 is 0 Å². The molecule has 7 nitrogen and oxygen atoms in total. The van der Waals surface area contributed by atoms with Gasteiger partial charge in [-0.15, -0.1) is 0 Å². The normalized spacial score (nSPS) is 19.3. The highest BCUT2D eigenvalue weighted by Crippen LogP contribution is 2.31. The van der Waals surface area contributed by atoms with Crippen LogP contribution >= 0.6 is 0 Å². The van der Waals surface area contributed by atoms with Crippen molar-refractivity contribution in [3.05, 3.63) is 41.0 Å². The summed E-state index contributed by atoms with van der Waals surface area (Å²) in [5, 5.41) is 21.5. The molecule has 3 N–H and O–H groups in total. The Morgan fingerprint density at radius 2 is 2.19 bits per heavy atom. The minimum absolute atomic E-state index is 0.273. The quantitative estimate of drug-likeness (QED) is 0.567. The van der Waals surface area contributed by atoms with Crippen molar-refractivity contribution in [2.45, 2.75) is 64.6 Å². The minimum atomic E-state index is 0.273. The lowest BCUT2D eigenvalue weighted by Crippen LogP contribution is -2.47. The summed E-state index contributed by atoms with van der Waals surface area (Å²) >= 11 is 0. The molecule has 7 heteroatoms. The zero-order valence-corrected chi connectivity index (χ0v) is 15.9. The molecule has 144 valence electrons. The number of nitrogens with zero attached hydrogens (tertiary/aromatic N) is 4. The number of phenols is 1. The zero-order chi connectivity index (χ0) is 18.6. The fraction of sp³-hybridized carbons (Fsp3) is 0.550. The molecule has 2 aromatic rings. The van der Waals surface area contributed by atoms with E-state index in [0.717, 1.165) is 56.1 Å². The molecule has 27 heavy (non-hydrogen) atoms. The Bertz CT molecular complexity index is 828. The summed E-state index contributed by atoms with van der Waals surface area (Å²) in [6.45, 7) is 4.15. The molecule has 1 aliphatic heterocycles. The van der Waals surface area contributed by atoms with Crippen LogP contribution < -0.4 is 10.6 Å². The van der Waals surface area contributed by atoms with Crippen LogP contribution in [0.15, 0.2) is 23.5 Å². The number of fused-ring (bicyclic) bond motifs is 2. The Kier molecular flexibility index (Phi) is 5.27. The first-order valence-corrected chi connectivity index (χ1v) is 9.98. The van der Waals surface area contributed by atoms with E-state index >= 15 is 0 Å². The molecule has 0 bridgehead atoms. The molecule has 1 aromatic carbocycles. The first-order valence-electron chi connectivity index (χ1n) is 9.98. The van der Waals surface area contributed by atoms with Gasteiger partial charge in [-0.1, -0.05) is 6.07 Å². The largest absolute Gasteiger partial charge is 0.508 e. The van der Waals surface area contributed by atoms with E-state index < -0.39 is 0 Å². The summed E-state index contributed by atoms with van der Waals surface area (Å²) in [5.41, 5.74) is 3.64. The lowest BCUT2D eigenvalue weighted by molar-refractivity contribution is 0.392. The second-order valence-corrected chi connectivity index (χ2v) is 7.34. The molecule has 0 amide bonds. The van der Waals surface area contributed by atoms with Crippen LogP contribution in [0, 0.1) is 0 Å². The maximum atomic E-state index is 10.4. The molecule has 2 aliphatic rings. The maximum Gasteiger partial charge on any atom is 0.191 e. The van der Waals surface area contributed by atoms with Crippen molar-refractivity contribution in [3.8, 4) is 5.75 Å². The number of nitrogens with one attached hydrogen (secondary N) is 2. The van der Waals surface area contributed by atoms with Gasteiger partial charge in [0.05, 0.1) is 13.1 Å². The summed E-state index contributed by atoms with van der Waals surface area (Å²) in [6, 6.07) is 4.16. The molecule has 2 heterocycles. The van der Waals surface area contributed by atoms with E-state index in [2.05, 4.69) is 33.7 Å². The molecule has 1 unspecified atom stereocenters. The lowest BCUT2D eigenvalue weighted by atomic mass is 9.88. The number of hydrogen-bond acceptors (Lipinski definition) is 4. The number of aromatic nitrogens is 3. The van der Waals surface area contributed by atoms with E-state index in [0.29, 0.717) is 12.3 Å². The maximum absolute atomic E-state index is 10.4. The van der Waals surface area contributed by atoms with E-state index in [1.807, 2.05) is 10.7 Å². The summed E-state index contributed by atoms with van der Waals surface area (Å²) in [6.07, 6.45) is 8.12. The fourth-order valence-electron chi connectivity index (χ4n) is 4.10. The van der Waals surface area contributed by atoms with Crippen LogP contribution in [-0.2, 0) is 32.4 Å². The van der Waals surface area contributed by atoms with Gasteiger partial charge in [-0.05, 0) is 56.2 Å². The van der Waals surface area contributed by atoms with Gasteiger partial charge < -0.3 is 15.7 Å². The first-order chi connectivity index (χ1) is 13.2. The minimum Gasteiger partial charge on any atom is -0.508 e. The molecule has 1 aromatic heterocycles. The Balaban J connectivity index is 1.49. The molecule has 0 saturated carbocycles. The van der Waals surface area contributed by atoms with Gasteiger partial charge in [-0.2, -0.15) is 5.10 Å². The van der Waals surface area contributed by atoms with Crippen molar-refractivity contribution in [2.75, 3.05) is 6.54 Å². The number of benzene rings is 1. The van der Waals surface area contributed by atoms with E-state index in [9.17, 15) is 5.11 Å². The van der Waals surface area contributed by atoms with Gasteiger partial charge in [0.2, 0.25) is 0 Å². The van der Waals surface area contributed by atoms with Crippen molar-refractivity contribution in [2.24, 2.45) is 4.99 Å². The van der Waals surface area contributed by atoms with Gasteiger partial charge in [0.15, 0.2) is 5.96 Å². The summed E-state index contributed by atoms with van der Waals surface area (Å²) < 4.78 is 1.96. The second kappa shape index (κ2) is 7.98. The van der Waals surface area contributed by atoms with Crippen LogP contribution in [0.3, 0.4) is 0 Å². The average Bonchev–Trinajstić information content (AvgIpc) is 3.15. The number of hydrogen-bond donors (Lipinski definition) is 3. The highest BCUT2D eigenvalue weighted by atomic mass is 16.3. The van der Waals surface area contributed by atoms with E-state index in [-0.39, 0.29) is 6.04 Å². The molecular weight excluding hydrogens is 340 g/mol. The van der Waals surface area contributed by atoms with Gasteiger partial charge in [0, 0.05) is 24.6 Å². The van der Waals surface area contributed by atoms with Crippen LogP contribution in [0.1, 0.15) is 48.7 Å². The number of phenolic OH excluding ortho intramolecular Hbond substituents is 1. The molecule has 0 radical (unpaired) electrons. The van der Waals surface area contributed by atoms with Gasteiger partial charge in [0.25, 0.3) is 0 Å². The van der Waals surface area contributed by atoms with Crippen molar-refractivity contribution in [1.82, 2.24) is 25.4 Å². The van der Waals surface area contributed by atoms with Crippen LogP contribution in [0.2, 0.25) is 0 Å². The van der Waals surface area contributed by atoms with Crippen LogP contribution in [0.5, 0.6) is 5.75 Å². The zero-order valence-electron chi connectivity index (χ0n) is 15.9. The third-order valence-corrected chi connectivity index (χ3v) is 5.51. The SMILES string of the molecule is CCNC(=NCc1c(O)ccc2c1CCCC2)NC1CCc2ncnn2C1. The number of aryl methyl sites for hydroxylation is 2. The predicted molar refractivity (Wildman–Crippen MR) is 105 cm³/mol. The number of aliphatic imine (C=N–C) groups is 1. The number of guanidine groups is 1. The fourth-order valence-corrected chi connectivity index (χ4v) is 4.10. The third-order valence-electron chi connectivity index (χ3n) is 5.51. The average molecular weight is 368 g/mol. The van der Waals surface area contributed by atoms with Crippen molar-refractivity contribution >= 4 is 5.96 Å². The molecule has 1 aliphatic carbocycles. The summed E-state index contributed by atoms with van der Waals surface area (Å²) in [7, 11) is 0. The van der Waals surface area contributed by atoms with Crippen molar-refractivity contribution in [1.29, 1.82) is 0 Å². The number of rotatable bonds is 4. The summed E-state index contributed by atoms with van der Waals surface area (Å²) in [4.78, 5) is 9.06. The van der Waals surface area contributed by atoms with Gasteiger partial charge in [-0.3, -0.25) is 0 Å². The number of aromatic hydroxyl groups is 1. The van der Waals surface area contributed by atoms with E-state index in [4.69, 9.17) is 4.99 Å². The first kappa shape index (κ1) is 17.8. The highest BCUT2D eigenvalue weighted by molar-refractivity contribution is 5.80. The predicted octanol–water partition coefficient (Wildman–Crippen LogP) is 1.93. The molecule has 0 saturated heterocycles. The molecule has 0 fully saturated rings. The Morgan fingerprint density at radius 3 is 3.07 bits per heavy atom. The highest BCUT2D eigenvalue weighted by Gasteiger charge is 2.21. The van der Waals surface area contributed by atoms with Crippen LogP contribution in [-0.4, -0.2) is 38.4 Å². The van der Waals surface area contributed by atoms with Crippen LogP contribution in [0.25, 0.3) is 0 Å². The van der Waals surface area contributed by atoms with Gasteiger partial charge in [0.1, 0.15) is 17.9 Å². The molecule has 4 rings (SSSR count). The van der Waals surface area contributed by atoms with Crippen molar-refractivity contribution < 1.29 is 5.11 Å². The van der Waals surface area contributed by atoms with Gasteiger partial charge in [-0.25, -0.2) is 14.7 Å². The van der Waals surface area contributed by atoms with Crippen LogP contribution in [0.4, 0.5) is 0 Å². The lowest BCUT2D eigenvalue weighted by Gasteiger charge is -2.25. The van der Waals surface area contributed by atoms with Crippen molar-refractivity contribution in [3.63, 3.8) is 0 Å². The Hall–Kier alpha value is -2.57. The standard InChI is InChI=1S/C20H28N6O/c1-2-21-20(25-15-8-10-19-23-13-24-26(19)12-15)22-11-17-16-6-4-3-5-14(16)7-9-18(17)27/h7,9,13,15,27H,2-6,8,10-12H2,1H3,(H2,21,22,25). The molecular formula is C20H28N6O. The van der Waals surface area contributed by atoms with E-state index in [1.165, 1.54) is 24.0 Å². The Labute approximate surface area is 159 Å². The Morgan fingerprint density at radius 1 is 1.30 bits per heavy atom. The summed E-state index contributed by atoms with van der Waals surface area (Å²) in [5.74, 6) is 2.20. The molecule has 1 atom stereocenters. The third kappa shape index (κ3) is 3.91. The topological polar surface area (TPSA) is 87.4 Å². The molecule has 0 spiro atoms. The second-order valence-electron chi connectivity index (χ2n) is 7.34. The monoisotopic (exact) mass is 368 g/mol. The van der Waals surface area contributed by atoms with E-state index in [1.54, 1.807) is 6.33 Å².